The molecule has 0 aromatic carbocycles. The van der Waals surface area contributed by atoms with E-state index in [1.54, 1.807) is 0 Å². The molecule has 0 spiro atoms. The molecule has 0 saturated carbocycles. The first kappa shape index (κ1) is 18.9. The van der Waals surface area contributed by atoms with Crippen molar-refractivity contribution in [2.24, 2.45) is 11.3 Å². The van der Waals surface area contributed by atoms with Gasteiger partial charge in [0.05, 0.1) is 6.61 Å². The van der Waals surface area contributed by atoms with Gasteiger partial charge in [-0.05, 0) is 89.8 Å². The molecular formula is C21H37N3O. The average molecular weight is 348 g/mol. The number of hydrogen-bond donors (Lipinski definition) is 2. The summed E-state index contributed by atoms with van der Waals surface area (Å²) >= 11 is 0. The van der Waals surface area contributed by atoms with Crippen molar-refractivity contribution in [1.82, 2.24) is 15.5 Å². The van der Waals surface area contributed by atoms with Crippen molar-refractivity contribution in [3.63, 3.8) is 0 Å². The van der Waals surface area contributed by atoms with Gasteiger partial charge in [0.15, 0.2) is 0 Å². The van der Waals surface area contributed by atoms with Crippen molar-refractivity contribution in [3.8, 4) is 0 Å². The van der Waals surface area contributed by atoms with Gasteiger partial charge in [-0.15, -0.1) is 0 Å². The van der Waals surface area contributed by atoms with E-state index in [9.17, 15) is 0 Å². The Bertz CT molecular complexity index is 450. The van der Waals surface area contributed by atoms with Crippen LogP contribution in [0.1, 0.15) is 44.9 Å². The van der Waals surface area contributed by atoms with E-state index in [1.807, 2.05) is 0 Å². The Labute approximate surface area is 154 Å². The van der Waals surface area contributed by atoms with E-state index in [2.05, 4.69) is 40.8 Å². The Hall–Kier alpha value is -0.840. The molecule has 2 fully saturated rings. The smallest absolute Gasteiger partial charge is 0.115 e. The maximum Gasteiger partial charge on any atom is 0.115 e. The SMILES string of the molecule is CNCC1(C2CCNCC2)C=CC(OCCCN2CCCCC2)=CC1. The molecule has 3 aliphatic rings. The van der Waals surface area contributed by atoms with E-state index in [-0.39, 0.29) is 5.41 Å². The molecule has 0 amide bonds. The van der Waals surface area contributed by atoms with Crippen LogP contribution in [0, 0.1) is 11.3 Å². The number of hydrogen-bond acceptors (Lipinski definition) is 4. The number of nitrogens with zero attached hydrogens (tertiary/aromatic N) is 1. The van der Waals surface area contributed by atoms with E-state index >= 15 is 0 Å². The van der Waals surface area contributed by atoms with E-state index in [4.69, 9.17) is 4.74 Å². The summed E-state index contributed by atoms with van der Waals surface area (Å²) in [6.07, 6.45) is 16.0. The molecule has 3 rings (SSSR count). The Balaban J connectivity index is 1.43. The predicted octanol–water partition coefficient (Wildman–Crippen LogP) is 2.93. The highest BCUT2D eigenvalue weighted by Gasteiger charge is 2.37. The minimum atomic E-state index is 0.275. The Kier molecular flexibility index (Phi) is 7.38. The summed E-state index contributed by atoms with van der Waals surface area (Å²) in [5.74, 6) is 1.86. The molecular weight excluding hydrogens is 310 g/mol. The van der Waals surface area contributed by atoms with Gasteiger partial charge in [-0.25, -0.2) is 0 Å². The number of rotatable bonds is 8. The highest BCUT2D eigenvalue weighted by atomic mass is 16.5. The molecule has 4 heteroatoms. The summed E-state index contributed by atoms with van der Waals surface area (Å²) in [6, 6.07) is 0. The largest absolute Gasteiger partial charge is 0.494 e. The zero-order valence-corrected chi connectivity index (χ0v) is 16.1. The maximum atomic E-state index is 6.05. The number of piperidine rings is 2. The number of ether oxygens (including phenoxy) is 1. The van der Waals surface area contributed by atoms with Crippen molar-refractivity contribution in [2.75, 3.05) is 52.9 Å². The second kappa shape index (κ2) is 9.75. The van der Waals surface area contributed by atoms with Crippen molar-refractivity contribution in [3.05, 3.63) is 24.0 Å². The minimum Gasteiger partial charge on any atom is -0.494 e. The van der Waals surface area contributed by atoms with Crippen LogP contribution < -0.4 is 10.6 Å². The minimum absolute atomic E-state index is 0.275. The van der Waals surface area contributed by atoms with Gasteiger partial charge < -0.3 is 20.3 Å². The molecule has 142 valence electrons. The average Bonchev–Trinajstić information content (AvgIpc) is 2.68. The van der Waals surface area contributed by atoms with Gasteiger partial charge in [-0.2, -0.15) is 0 Å². The number of likely N-dealkylation sites (tertiary alicyclic amines) is 1. The first-order chi connectivity index (χ1) is 12.3. The van der Waals surface area contributed by atoms with E-state index < -0.39 is 0 Å². The van der Waals surface area contributed by atoms with Gasteiger partial charge in [-0.3, -0.25) is 0 Å². The molecule has 0 aromatic rings. The molecule has 0 radical (unpaired) electrons. The lowest BCUT2D eigenvalue weighted by Crippen LogP contribution is -2.43. The quantitative estimate of drug-likeness (QED) is 0.662. The Morgan fingerprint density at radius 1 is 1.24 bits per heavy atom. The van der Waals surface area contributed by atoms with Gasteiger partial charge in [0.1, 0.15) is 5.76 Å². The molecule has 2 saturated heterocycles. The molecule has 1 unspecified atom stereocenters. The summed E-state index contributed by atoms with van der Waals surface area (Å²) < 4.78 is 6.05. The molecule has 2 N–H and O–H groups in total. The fourth-order valence-electron chi connectivity index (χ4n) is 4.75. The fraction of sp³-hybridized carbons (Fsp3) is 0.810. The molecule has 2 aliphatic heterocycles. The van der Waals surface area contributed by atoms with E-state index in [0.717, 1.165) is 50.8 Å². The Morgan fingerprint density at radius 2 is 2.04 bits per heavy atom. The fourth-order valence-corrected chi connectivity index (χ4v) is 4.75. The van der Waals surface area contributed by atoms with Crippen LogP contribution in [0.25, 0.3) is 0 Å². The summed E-state index contributed by atoms with van der Waals surface area (Å²) in [7, 11) is 2.08. The zero-order valence-electron chi connectivity index (χ0n) is 16.1. The monoisotopic (exact) mass is 347 g/mol. The third kappa shape index (κ3) is 5.32. The van der Waals surface area contributed by atoms with Crippen LogP contribution in [0.15, 0.2) is 24.0 Å². The van der Waals surface area contributed by atoms with E-state index in [0.29, 0.717) is 0 Å². The number of allylic oxidation sites excluding steroid dienone is 2. The van der Waals surface area contributed by atoms with Crippen LogP contribution in [-0.2, 0) is 4.74 Å². The third-order valence-electron chi connectivity index (χ3n) is 6.26. The third-order valence-corrected chi connectivity index (χ3v) is 6.26. The molecule has 4 nitrogen and oxygen atoms in total. The van der Waals surface area contributed by atoms with Crippen LogP contribution >= 0.6 is 0 Å². The molecule has 1 aliphatic carbocycles. The first-order valence-corrected chi connectivity index (χ1v) is 10.4. The lowest BCUT2D eigenvalue weighted by molar-refractivity contribution is 0.157. The van der Waals surface area contributed by atoms with Crippen molar-refractivity contribution >= 4 is 0 Å². The van der Waals surface area contributed by atoms with Crippen molar-refractivity contribution in [1.29, 1.82) is 0 Å². The molecule has 0 aromatic heterocycles. The highest BCUT2D eigenvalue weighted by molar-refractivity contribution is 5.24. The van der Waals surface area contributed by atoms with Crippen LogP contribution in [0.2, 0.25) is 0 Å². The van der Waals surface area contributed by atoms with Crippen LogP contribution in [-0.4, -0.2) is 57.8 Å². The summed E-state index contributed by atoms with van der Waals surface area (Å²) in [4.78, 5) is 2.59. The summed E-state index contributed by atoms with van der Waals surface area (Å²) in [5, 5.41) is 6.93. The van der Waals surface area contributed by atoms with Crippen molar-refractivity contribution < 1.29 is 4.74 Å². The lowest BCUT2D eigenvalue weighted by Gasteiger charge is -2.42. The van der Waals surface area contributed by atoms with Gasteiger partial charge in [0, 0.05) is 18.5 Å². The standard InChI is InChI=1S/C21H37N3O/c1-22-18-21(19-8-12-23-13-9-19)10-6-20(7-11-21)25-17-5-16-24-14-3-2-4-15-24/h6-7,10,19,22-23H,2-5,8-9,11-18H2,1H3. The molecule has 0 bridgehead atoms. The summed E-state index contributed by atoms with van der Waals surface area (Å²) in [6.45, 7) is 7.99. The lowest BCUT2D eigenvalue weighted by atomic mass is 9.67. The van der Waals surface area contributed by atoms with Crippen LogP contribution in [0.3, 0.4) is 0 Å². The van der Waals surface area contributed by atoms with E-state index in [1.165, 1.54) is 51.7 Å². The first-order valence-electron chi connectivity index (χ1n) is 10.4. The van der Waals surface area contributed by atoms with Gasteiger partial charge in [-0.1, -0.05) is 12.5 Å². The van der Waals surface area contributed by atoms with Gasteiger partial charge in [0.2, 0.25) is 0 Å². The van der Waals surface area contributed by atoms with Gasteiger partial charge >= 0.3 is 0 Å². The normalized spacial score (nSPS) is 28.8. The van der Waals surface area contributed by atoms with Crippen LogP contribution in [0.5, 0.6) is 0 Å². The zero-order chi connectivity index (χ0) is 17.4. The summed E-state index contributed by atoms with van der Waals surface area (Å²) in [5.41, 5.74) is 0.275. The maximum absolute atomic E-state index is 6.05. The topological polar surface area (TPSA) is 36.5 Å². The molecule has 25 heavy (non-hydrogen) atoms. The second-order valence-electron chi connectivity index (χ2n) is 8.04. The Morgan fingerprint density at radius 3 is 2.72 bits per heavy atom. The highest BCUT2D eigenvalue weighted by Crippen LogP contribution is 2.41. The predicted molar refractivity (Wildman–Crippen MR) is 105 cm³/mol. The van der Waals surface area contributed by atoms with Gasteiger partial charge in [0.25, 0.3) is 0 Å². The second-order valence-corrected chi connectivity index (χ2v) is 8.04. The molecule has 2 heterocycles. The molecule has 1 atom stereocenters. The van der Waals surface area contributed by atoms with Crippen molar-refractivity contribution in [2.45, 2.75) is 44.9 Å². The number of nitrogens with one attached hydrogen (secondary N) is 2. The van der Waals surface area contributed by atoms with Crippen LogP contribution in [0.4, 0.5) is 0 Å².